The molecule has 0 saturated carbocycles. The van der Waals surface area contributed by atoms with Gasteiger partial charge in [0, 0.05) is 6.07 Å². The first kappa shape index (κ1) is 18.2. The van der Waals surface area contributed by atoms with Gasteiger partial charge >= 0.3 is 0 Å². The number of rotatable bonds is 7. The van der Waals surface area contributed by atoms with E-state index in [1.807, 2.05) is 30.3 Å². The van der Waals surface area contributed by atoms with E-state index in [1.54, 1.807) is 12.1 Å². The summed E-state index contributed by atoms with van der Waals surface area (Å²) in [6.45, 7) is 0. The van der Waals surface area contributed by atoms with E-state index in [0.717, 1.165) is 17.4 Å². The van der Waals surface area contributed by atoms with Gasteiger partial charge in [-0.15, -0.1) is 5.10 Å². The van der Waals surface area contributed by atoms with E-state index in [0.29, 0.717) is 10.7 Å². The Morgan fingerprint density at radius 3 is 2.74 bits per heavy atom. The first-order chi connectivity index (χ1) is 13.1. The van der Waals surface area contributed by atoms with Crippen molar-refractivity contribution in [1.29, 1.82) is 0 Å². The Morgan fingerprint density at radius 1 is 1.22 bits per heavy atom. The minimum Gasteiger partial charge on any atom is -0.272 e. The molecule has 3 rings (SSSR count). The summed E-state index contributed by atoms with van der Waals surface area (Å²) >= 11 is 1.14. The lowest BCUT2D eigenvalue weighted by Crippen LogP contribution is -2.20. The maximum Gasteiger partial charge on any atom is 0.278 e. The Balaban J connectivity index is 1.57. The molecule has 0 aliphatic carbocycles. The monoisotopic (exact) mass is 383 g/mol. The number of carbonyl (C=O) groups excluding carboxylic acids is 1. The molecule has 27 heavy (non-hydrogen) atoms. The smallest absolute Gasteiger partial charge is 0.272 e. The first-order valence-corrected chi connectivity index (χ1v) is 8.65. The van der Waals surface area contributed by atoms with Gasteiger partial charge in [0.15, 0.2) is 0 Å². The molecule has 0 radical (unpaired) electrons. The van der Waals surface area contributed by atoms with E-state index in [4.69, 9.17) is 0 Å². The summed E-state index contributed by atoms with van der Waals surface area (Å²) in [5.74, 6) is -0.362. The number of amides is 1. The summed E-state index contributed by atoms with van der Waals surface area (Å²) in [6, 6.07) is 15.4. The number of nitro benzene ring substituents is 1. The average molecular weight is 383 g/mol. The van der Waals surface area contributed by atoms with E-state index in [2.05, 4.69) is 26.1 Å². The molecule has 0 unspecified atom stereocenters. The van der Waals surface area contributed by atoms with Gasteiger partial charge in [0.05, 0.1) is 28.1 Å². The second-order valence-electron chi connectivity index (χ2n) is 5.11. The zero-order chi connectivity index (χ0) is 19.1. The fourth-order valence-corrected chi connectivity index (χ4v) is 2.78. The van der Waals surface area contributed by atoms with Gasteiger partial charge in [-0.3, -0.25) is 14.9 Å². The predicted octanol–water partition coefficient (Wildman–Crippen LogP) is 1.81. The molecule has 0 spiro atoms. The molecule has 0 fully saturated rings. The van der Waals surface area contributed by atoms with Crippen LogP contribution in [0.2, 0.25) is 0 Å². The fraction of sp³-hybridized carbons (Fsp3) is 0.0625. The molecule has 1 heterocycles. The molecule has 0 aliphatic rings. The lowest BCUT2D eigenvalue weighted by molar-refractivity contribution is -0.385. The molecule has 0 bridgehead atoms. The van der Waals surface area contributed by atoms with Crippen LogP contribution in [0.15, 0.2) is 64.9 Å². The Bertz CT molecular complexity index is 975. The Hall–Kier alpha value is -3.60. The van der Waals surface area contributed by atoms with Crippen molar-refractivity contribution in [2.75, 3.05) is 5.75 Å². The number of carbonyl (C=O) groups is 1. The molecule has 0 saturated heterocycles. The van der Waals surface area contributed by atoms with Crippen molar-refractivity contribution in [3.05, 3.63) is 70.3 Å². The van der Waals surface area contributed by atoms with E-state index in [1.165, 1.54) is 23.0 Å². The summed E-state index contributed by atoms with van der Waals surface area (Å²) in [5, 5.41) is 26.6. The number of nitrogens with one attached hydrogen (secondary N) is 1. The number of thioether (sulfide) groups is 1. The maximum absolute atomic E-state index is 11.9. The number of aromatic nitrogens is 4. The topological polar surface area (TPSA) is 128 Å². The van der Waals surface area contributed by atoms with Crippen molar-refractivity contribution < 1.29 is 9.72 Å². The SMILES string of the molecule is O=C(CSc1nnnn1-c1ccccc1)NN=Cc1ccccc1[N+](=O)[O-]. The third-order valence-corrected chi connectivity index (χ3v) is 4.22. The van der Waals surface area contributed by atoms with Crippen LogP contribution in [0.3, 0.4) is 0 Å². The third kappa shape index (κ3) is 4.73. The van der Waals surface area contributed by atoms with Crippen LogP contribution >= 0.6 is 11.8 Å². The molecule has 0 aliphatic heterocycles. The number of hydrogen-bond acceptors (Lipinski definition) is 8. The zero-order valence-corrected chi connectivity index (χ0v) is 14.6. The minimum absolute atomic E-state index is 0.0292. The summed E-state index contributed by atoms with van der Waals surface area (Å²) in [5.41, 5.74) is 3.31. The van der Waals surface area contributed by atoms with Crippen LogP contribution in [-0.4, -0.2) is 43.0 Å². The highest BCUT2D eigenvalue weighted by Crippen LogP contribution is 2.17. The van der Waals surface area contributed by atoms with E-state index < -0.39 is 10.8 Å². The number of benzene rings is 2. The molecule has 1 aromatic heterocycles. The summed E-state index contributed by atoms with van der Waals surface area (Å²) in [7, 11) is 0. The summed E-state index contributed by atoms with van der Waals surface area (Å²) < 4.78 is 1.52. The standard InChI is InChI=1S/C16H13N7O3S/c24-15(18-17-10-12-6-4-5-9-14(12)23(25)26)11-27-16-19-20-21-22(16)13-7-2-1-3-8-13/h1-10H,11H2,(H,18,24). The normalized spacial score (nSPS) is 10.8. The van der Waals surface area contributed by atoms with Crippen LogP contribution in [0.4, 0.5) is 5.69 Å². The van der Waals surface area contributed by atoms with Crippen molar-refractivity contribution in [2.45, 2.75) is 5.16 Å². The third-order valence-electron chi connectivity index (χ3n) is 3.30. The van der Waals surface area contributed by atoms with Gasteiger partial charge in [0.25, 0.3) is 11.6 Å². The molecule has 1 N–H and O–H groups in total. The van der Waals surface area contributed by atoms with Crippen molar-refractivity contribution >= 4 is 29.6 Å². The lowest BCUT2D eigenvalue weighted by Gasteiger charge is -2.03. The molecule has 10 nitrogen and oxygen atoms in total. The quantitative estimate of drug-likeness (QED) is 0.285. The van der Waals surface area contributed by atoms with Crippen LogP contribution < -0.4 is 5.43 Å². The van der Waals surface area contributed by atoms with E-state index >= 15 is 0 Å². The highest BCUT2D eigenvalue weighted by Gasteiger charge is 2.12. The summed E-state index contributed by atoms with van der Waals surface area (Å²) in [4.78, 5) is 22.4. The first-order valence-electron chi connectivity index (χ1n) is 7.67. The minimum atomic E-state index is -0.511. The van der Waals surface area contributed by atoms with Crippen LogP contribution in [0.25, 0.3) is 5.69 Å². The molecular formula is C16H13N7O3S. The van der Waals surface area contributed by atoms with Gasteiger partial charge in [0.1, 0.15) is 0 Å². The van der Waals surface area contributed by atoms with Gasteiger partial charge in [0.2, 0.25) is 5.16 Å². The van der Waals surface area contributed by atoms with Crippen LogP contribution in [-0.2, 0) is 4.79 Å². The molecule has 2 aromatic carbocycles. The van der Waals surface area contributed by atoms with Crippen molar-refractivity contribution in [2.24, 2.45) is 5.10 Å². The molecule has 11 heteroatoms. The number of para-hydroxylation sites is 2. The van der Waals surface area contributed by atoms with Gasteiger partial charge in [-0.1, -0.05) is 42.1 Å². The lowest BCUT2D eigenvalue weighted by atomic mass is 10.2. The largest absolute Gasteiger partial charge is 0.278 e. The molecule has 136 valence electrons. The molecular weight excluding hydrogens is 370 g/mol. The van der Waals surface area contributed by atoms with Gasteiger partial charge in [-0.2, -0.15) is 9.78 Å². The predicted molar refractivity (Wildman–Crippen MR) is 98.7 cm³/mol. The number of hydrogen-bond donors (Lipinski definition) is 1. The Labute approximate surface area is 157 Å². The maximum atomic E-state index is 11.9. The number of nitro groups is 1. The van der Waals surface area contributed by atoms with E-state index in [9.17, 15) is 14.9 Å². The second-order valence-corrected chi connectivity index (χ2v) is 6.05. The Morgan fingerprint density at radius 2 is 1.96 bits per heavy atom. The van der Waals surface area contributed by atoms with Crippen LogP contribution in [0.5, 0.6) is 0 Å². The van der Waals surface area contributed by atoms with Crippen LogP contribution in [0.1, 0.15) is 5.56 Å². The highest BCUT2D eigenvalue weighted by molar-refractivity contribution is 7.99. The highest BCUT2D eigenvalue weighted by atomic mass is 32.2. The average Bonchev–Trinajstić information content (AvgIpc) is 3.16. The summed E-state index contributed by atoms with van der Waals surface area (Å²) in [6.07, 6.45) is 1.23. The van der Waals surface area contributed by atoms with Gasteiger partial charge < -0.3 is 0 Å². The second kappa shape index (κ2) is 8.67. The number of tetrazole rings is 1. The Kier molecular flexibility index (Phi) is 5.84. The zero-order valence-electron chi connectivity index (χ0n) is 13.8. The van der Waals surface area contributed by atoms with Crippen molar-refractivity contribution in [3.8, 4) is 5.69 Å². The number of hydrazone groups is 1. The van der Waals surface area contributed by atoms with Crippen LogP contribution in [0, 0.1) is 10.1 Å². The van der Waals surface area contributed by atoms with Gasteiger partial charge in [-0.25, -0.2) is 5.43 Å². The molecule has 0 atom stereocenters. The number of nitrogens with zero attached hydrogens (tertiary/aromatic N) is 6. The van der Waals surface area contributed by atoms with Crippen molar-refractivity contribution in [3.63, 3.8) is 0 Å². The van der Waals surface area contributed by atoms with E-state index in [-0.39, 0.29) is 11.4 Å². The van der Waals surface area contributed by atoms with Gasteiger partial charge in [-0.05, 0) is 28.6 Å². The van der Waals surface area contributed by atoms with Crippen molar-refractivity contribution in [1.82, 2.24) is 25.6 Å². The molecule has 1 amide bonds. The fourth-order valence-electron chi connectivity index (χ4n) is 2.10. The molecule has 3 aromatic rings.